The Labute approximate surface area is 185 Å². The highest BCUT2D eigenvalue weighted by Gasteiger charge is 2.22. The Hall–Kier alpha value is -3.03. The van der Waals surface area contributed by atoms with Gasteiger partial charge in [0.15, 0.2) is 0 Å². The molecule has 0 aromatic heterocycles. The molecule has 3 N–H and O–H groups in total. The molecule has 7 nitrogen and oxygen atoms in total. The minimum absolute atomic E-state index is 0.558. The number of aliphatic carboxylic acids is 2. The number of fused-ring (bicyclic) bond motifs is 2. The number of benzene rings is 2. The lowest BCUT2D eigenvalue weighted by Gasteiger charge is -2.32. The van der Waals surface area contributed by atoms with E-state index in [4.69, 9.17) is 26.6 Å². The predicted octanol–water partition coefficient (Wildman–Crippen LogP) is 3.14. The average Bonchev–Trinajstić information content (AvgIpc) is 2.98. The summed E-state index contributed by atoms with van der Waals surface area (Å²) < 4.78 is 5.93. The topological polar surface area (TPSA) is 99.1 Å². The van der Waals surface area contributed by atoms with Crippen molar-refractivity contribution in [2.45, 2.75) is 19.4 Å². The molecule has 0 fully saturated rings. The summed E-state index contributed by atoms with van der Waals surface area (Å²) in [6, 6.07) is 12.7. The fraction of sp³-hybridized carbons (Fsp3) is 0.304. The van der Waals surface area contributed by atoms with Crippen LogP contribution in [0.4, 0.5) is 5.69 Å². The molecule has 0 unspecified atom stereocenters. The molecule has 0 spiro atoms. The summed E-state index contributed by atoms with van der Waals surface area (Å²) in [4.78, 5) is 21.5. The lowest BCUT2D eigenvalue weighted by molar-refractivity contribution is -0.134. The molecule has 0 bridgehead atoms. The van der Waals surface area contributed by atoms with Crippen LogP contribution in [0, 0.1) is 0 Å². The summed E-state index contributed by atoms with van der Waals surface area (Å²) in [5.74, 6) is -1.50. The molecule has 2 aliphatic heterocycles. The number of ether oxygens (including phenoxy) is 1. The Bertz CT molecular complexity index is 960. The Morgan fingerprint density at radius 1 is 1.06 bits per heavy atom. The Morgan fingerprint density at radius 2 is 1.71 bits per heavy atom. The number of carboxylic acids is 2. The van der Waals surface area contributed by atoms with Crippen molar-refractivity contribution in [3.63, 3.8) is 0 Å². The van der Waals surface area contributed by atoms with Gasteiger partial charge < -0.3 is 25.2 Å². The van der Waals surface area contributed by atoms with Crippen LogP contribution in [0.5, 0.6) is 5.75 Å². The molecule has 0 aliphatic carbocycles. The zero-order chi connectivity index (χ0) is 22.2. The number of carbonyl (C=O) groups is 2. The van der Waals surface area contributed by atoms with Gasteiger partial charge in [-0.2, -0.15) is 0 Å². The van der Waals surface area contributed by atoms with E-state index in [2.05, 4.69) is 28.4 Å². The first-order valence-electron chi connectivity index (χ1n) is 10.1. The van der Waals surface area contributed by atoms with Gasteiger partial charge in [0.1, 0.15) is 12.4 Å². The molecule has 8 heteroatoms. The fourth-order valence-electron chi connectivity index (χ4n) is 3.58. The van der Waals surface area contributed by atoms with Crippen molar-refractivity contribution in [1.82, 2.24) is 5.32 Å². The van der Waals surface area contributed by atoms with Crippen LogP contribution < -0.4 is 15.0 Å². The summed E-state index contributed by atoms with van der Waals surface area (Å²) in [5.41, 5.74) is 5.24. The van der Waals surface area contributed by atoms with E-state index >= 15 is 0 Å². The highest BCUT2D eigenvalue weighted by molar-refractivity contribution is 6.31. The van der Waals surface area contributed by atoms with Crippen molar-refractivity contribution in [3.05, 3.63) is 70.3 Å². The van der Waals surface area contributed by atoms with E-state index in [0.717, 1.165) is 56.4 Å². The summed E-state index contributed by atoms with van der Waals surface area (Å²) in [6.07, 6.45) is 3.28. The number of nitrogens with one attached hydrogen (secondary N) is 1. The van der Waals surface area contributed by atoms with Gasteiger partial charge in [-0.1, -0.05) is 29.8 Å². The number of hydrogen-bond donors (Lipinski definition) is 3. The van der Waals surface area contributed by atoms with Crippen molar-refractivity contribution in [2.75, 3.05) is 31.1 Å². The quantitative estimate of drug-likeness (QED) is 0.623. The third-order valence-corrected chi connectivity index (χ3v) is 5.44. The second-order valence-electron chi connectivity index (χ2n) is 7.21. The molecule has 4 rings (SSSR count). The Kier molecular flexibility index (Phi) is 7.92. The van der Waals surface area contributed by atoms with Gasteiger partial charge in [0, 0.05) is 23.7 Å². The molecule has 31 heavy (non-hydrogen) atoms. The Morgan fingerprint density at radius 3 is 2.35 bits per heavy atom. The van der Waals surface area contributed by atoms with Gasteiger partial charge in [-0.3, -0.25) is 0 Å². The van der Waals surface area contributed by atoms with Crippen molar-refractivity contribution < 1.29 is 24.5 Å². The molecule has 0 saturated heterocycles. The minimum Gasteiger partial charge on any atom is -0.490 e. The lowest BCUT2D eigenvalue weighted by Crippen LogP contribution is -2.32. The molecule has 2 aromatic carbocycles. The first kappa shape index (κ1) is 22.7. The third kappa shape index (κ3) is 6.47. The van der Waals surface area contributed by atoms with Gasteiger partial charge in [-0.15, -0.1) is 0 Å². The average molecular weight is 445 g/mol. The fourth-order valence-corrected chi connectivity index (χ4v) is 3.77. The zero-order valence-electron chi connectivity index (χ0n) is 17.0. The molecular weight excluding hydrogens is 420 g/mol. The maximum absolute atomic E-state index is 9.55. The highest BCUT2D eigenvalue weighted by Crippen LogP contribution is 2.36. The molecule has 0 radical (unpaired) electrons. The maximum Gasteiger partial charge on any atom is 0.328 e. The van der Waals surface area contributed by atoms with Crippen LogP contribution in [0.2, 0.25) is 5.02 Å². The van der Waals surface area contributed by atoms with Crippen LogP contribution in [0.25, 0.3) is 0 Å². The molecule has 2 aliphatic rings. The molecule has 0 amide bonds. The van der Waals surface area contributed by atoms with Gasteiger partial charge >= 0.3 is 11.9 Å². The second-order valence-corrected chi connectivity index (χ2v) is 7.62. The standard InChI is InChI=1S/C19H21ClN2O.C4H4O4/c20-17-4-2-1-3-16(17)13-22-9-10-23-19-12-15-6-8-21-7-5-14(15)11-18(19)22;5-3(6)1-2-4(7)8/h1-4,11-12,21H,5-10,13H2;1-2H,(H,5,6)(H,7,8)/b;2-1+. The van der Waals surface area contributed by atoms with Crippen LogP contribution in [0.1, 0.15) is 16.7 Å². The monoisotopic (exact) mass is 444 g/mol. The normalized spacial score (nSPS) is 15.1. The number of hydrogen-bond acceptors (Lipinski definition) is 5. The molecular formula is C23H25ClN2O5. The minimum atomic E-state index is -1.26. The summed E-state index contributed by atoms with van der Waals surface area (Å²) in [5, 5.41) is 19.9. The molecule has 2 heterocycles. The zero-order valence-corrected chi connectivity index (χ0v) is 17.8. The molecule has 2 aromatic rings. The van der Waals surface area contributed by atoms with Crippen LogP contribution >= 0.6 is 11.6 Å². The van der Waals surface area contributed by atoms with Crippen LogP contribution in [-0.4, -0.2) is 48.4 Å². The highest BCUT2D eigenvalue weighted by atomic mass is 35.5. The van der Waals surface area contributed by atoms with Crippen molar-refractivity contribution in [3.8, 4) is 5.75 Å². The van der Waals surface area contributed by atoms with Gasteiger partial charge in [0.25, 0.3) is 0 Å². The summed E-state index contributed by atoms with van der Waals surface area (Å²) >= 11 is 6.34. The van der Waals surface area contributed by atoms with Gasteiger partial charge in [-0.25, -0.2) is 9.59 Å². The van der Waals surface area contributed by atoms with Crippen LogP contribution in [0.15, 0.2) is 48.6 Å². The molecule has 164 valence electrons. The van der Waals surface area contributed by atoms with E-state index in [1.807, 2.05) is 18.2 Å². The largest absolute Gasteiger partial charge is 0.490 e. The van der Waals surface area contributed by atoms with E-state index in [-0.39, 0.29) is 0 Å². The number of halogens is 1. The number of rotatable bonds is 4. The van der Waals surface area contributed by atoms with Gasteiger partial charge in [0.2, 0.25) is 0 Å². The first-order chi connectivity index (χ1) is 14.9. The van der Waals surface area contributed by atoms with E-state index in [1.165, 1.54) is 22.4 Å². The summed E-state index contributed by atoms with van der Waals surface area (Å²) in [6.45, 7) is 4.56. The molecule has 0 atom stereocenters. The van der Waals surface area contributed by atoms with Gasteiger partial charge in [-0.05, 0) is 60.8 Å². The smallest absolute Gasteiger partial charge is 0.328 e. The first-order valence-corrected chi connectivity index (χ1v) is 10.4. The van der Waals surface area contributed by atoms with E-state index in [9.17, 15) is 9.59 Å². The van der Waals surface area contributed by atoms with Crippen molar-refractivity contribution in [1.29, 1.82) is 0 Å². The van der Waals surface area contributed by atoms with Crippen LogP contribution in [0.3, 0.4) is 0 Å². The number of carboxylic acid groups (broad SMARTS) is 2. The van der Waals surface area contributed by atoms with E-state index in [1.54, 1.807) is 0 Å². The van der Waals surface area contributed by atoms with Crippen molar-refractivity contribution in [2.24, 2.45) is 0 Å². The second kappa shape index (κ2) is 10.8. The van der Waals surface area contributed by atoms with Crippen molar-refractivity contribution >= 4 is 29.2 Å². The maximum atomic E-state index is 9.55. The lowest BCUT2D eigenvalue weighted by atomic mass is 10.00. The van der Waals surface area contributed by atoms with Gasteiger partial charge in [0.05, 0.1) is 12.2 Å². The van der Waals surface area contributed by atoms with Crippen LogP contribution in [-0.2, 0) is 29.0 Å². The van der Waals surface area contributed by atoms with E-state index in [0.29, 0.717) is 12.2 Å². The number of nitrogens with zero attached hydrogens (tertiary/aromatic N) is 1. The third-order valence-electron chi connectivity index (χ3n) is 5.07. The Balaban J connectivity index is 0.000000293. The predicted molar refractivity (Wildman–Crippen MR) is 119 cm³/mol. The molecule has 0 saturated carbocycles. The number of anilines is 1. The van der Waals surface area contributed by atoms with E-state index < -0.39 is 11.9 Å². The SMILES string of the molecule is Clc1ccccc1CN1CCOc2cc3c(cc21)CCNCC3.O=C(O)/C=C/C(=O)O. The summed E-state index contributed by atoms with van der Waals surface area (Å²) in [7, 11) is 0.